The maximum Gasteiger partial charge on any atom is 0.0517 e. The van der Waals surface area contributed by atoms with Crippen molar-refractivity contribution in [3.05, 3.63) is 29.3 Å². The zero-order valence-corrected chi connectivity index (χ0v) is 10.0. The smallest absolute Gasteiger partial charge is 0.0517 e. The van der Waals surface area contributed by atoms with E-state index in [4.69, 9.17) is 5.41 Å². The van der Waals surface area contributed by atoms with Gasteiger partial charge in [-0.3, -0.25) is 0 Å². The predicted molar refractivity (Wildman–Crippen MR) is 68.1 cm³/mol. The summed E-state index contributed by atoms with van der Waals surface area (Å²) in [5, 5.41) is 7.38. The molecule has 1 aromatic carbocycles. The number of rotatable bonds is 3. The monoisotopic (exact) mass is 210 g/mol. The van der Waals surface area contributed by atoms with E-state index >= 15 is 0 Å². The zero-order chi connectivity index (χ0) is 10.8. The van der Waals surface area contributed by atoms with Crippen LogP contribution in [-0.2, 0) is 0 Å². The quantitative estimate of drug-likeness (QED) is 0.739. The third-order valence-corrected chi connectivity index (χ3v) is 2.72. The van der Waals surface area contributed by atoms with Crippen LogP contribution in [0.2, 0.25) is 0 Å². The number of benzene rings is 1. The van der Waals surface area contributed by atoms with Crippen molar-refractivity contribution in [2.75, 3.05) is 23.5 Å². The van der Waals surface area contributed by atoms with Crippen LogP contribution in [0.25, 0.3) is 0 Å². The minimum Gasteiger partial charge on any atom is -0.348 e. The molecular formula is C11H18N2S. The van der Waals surface area contributed by atoms with Gasteiger partial charge in [-0.1, -0.05) is 12.1 Å². The standard InChI is InChI=1S/C11H18N2S/c1-9-6-5-7-11(10(9)8-12)13-14(2,3)4/h5-8,12-13H,1-4H3. The average molecular weight is 210 g/mol. The van der Waals surface area contributed by atoms with Gasteiger partial charge in [0.05, 0.1) is 5.69 Å². The Morgan fingerprint density at radius 2 is 1.93 bits per heavy atom. The van der Waals surface area contributed by atoms with E-state index in [0.717, 1.165) is 16.8 Å². The highest BCUT2D eigenvalue weighted by atomic mass is 32.3. The fourth-order valence-corrected chi connectivity index (χ4v) is 2.13. The average Bonchev–Trinajstić information content (AvgIpc) is 2.01. The van der Waals surface area contributed by atoms with Gasteiger partial charge < -0.3 is 10.1 Å². The van der Waals surface area contributed by atoms with Gasteiger partial charge in [-0.25, -0.2) is 0 Å². The van der Waals surface area contributed by atoms with E-state index in [9.17, 15) is 0 Å². The summed E-state index contributed by atoms with van der Waals surface area (Å²) < 4.78 is 3.47. The van der Waals surface area contributed by atoms with Crippen LogP contribution in [0.15, 0.2) is 18.2 Å². The molecule has 0 atom stereocenters. The molecule has 14 heavy (non-hydrogen) atoms. The molecule has 0 aromatic heterocycles. The summed E-state index contributed by atoms with van der Waals surface area (Å²) in [6, 6.07) is 6.09. The molecule has 0 saturated carbocycles. The SMILES string of the molecule is Cc1cccc(NS(C)(C)C)c1C=N. The van der Waals surface area contributed by atoms with Crippen LogP contribution >= 0.6 is 10.2 Å². The number of hydrogen-bond acceptors (Lipinski definition) is 2. The highest BCUT2D eigenvalue weighted by molar-refractivity contribution is 8.33. The van der Waals surface area contributed by atoms with Crippen LogP contribution in [0.3, 0.4) is 0 Å². The van der Waals surface area contributed by atoms with Crippen molar-refractivity contribution in [2.45, 2.75) is 6.92 Å². The summed E-state index contributed by atoms with van der Waals surface area (Å²) >= 11 is 0. The lowest BCUT2D eigenvalue weighted by Gasteiger charge is -2.29. The van der Waals surface area contributed by atoms with Gasteiger partial charge in [0.25, 0.3) is 0 Å². The molecule has 0 aliphatic carbocycles. The number of aryl methyl sites for hydroxylation is 1. The predicted octanol–water partition coefficient (Wildman–Crippen LogP) is 3.01. The molecule has 2 nitrogen and oxygen atoms in total. The van der Waals surface area contributed by atoms with E-state index in [-0.39, 0.29) is 0 Å². The van der Waals surface area contributed by atoms with Gasteiger partial charge in [0, 0.05) is 11.8 Å². The van der Waals surface area contributed by atoms with E-state index in [0.29, 0.717) is 0 Å². The van der Waals surface area contributed by atoms with Crippen molar-refractivity contribution in [2.24, 2.45) is 0 Å². The second-order valence-corrected chi connectivity index (χ2v) is 8.00. The molecule has 0 heterocycles. The van der Waals surface area contributed by atoms with E-state index < -0.39 is 10.2 Å². The van der Waals surface area contributed by atoms with E-state index in [2.05, 4.69) is 23.5 Å². The molecule has 0 spiro atoms. The molecule has 0 radical (unpaired) electrons. The lowest BCUT2D eigenvalue weighted by molar-refractivity contribution is 1.43. The highest BCUT2D eigenvalue weighted by Crippen LogP contribution is 2.36. The van der Waals surface area contributed by atoms with Crippen molar-refractivity contribution in [3.63, 3.8) is 0 Å². The summed E-state index contributed by atoms with van der Waals surface area (Å²) in [4.78, 5) is 0. The number of hydrogen-bond donors (Lipinski definition) is 2. The first-order valence-corrected chi connectivity index (χ1v) is 7.36. The van der Waals surface area contributed by atoms with Crippen LogP contribution in [0, 0.1) is 12.3 Å². The largest absolute Gasteiger partial charge is 0.348 e. The van der Waals surface area contributed by atoms with Gasteiger partial charge in [0.2, 0.25) is 0 Å². The molecule has 0 amide bonds. The maximum atomic E-state index is 7.38. The summed E-state index contributed by atoms with van der Waals surface area (Å²) in [5.41, 5.74) is 3.21. The Balaban J connectivity index is 3.08. The molecular weight excluding hydrogens is 192 g/mol. The fraction of sp³-hybridized carbons (Fsp3) is 0.364. The summed E-state index contributed by atoms with van der Waals surface area (Å²) in [6.07, 6.45) is 8.01. The molecule has 0 unspecified atom stereocenters. The van der Waals surface area contributed by atoms with Gasteiger partial charge in [-0.2, -0.15) is 10.2 Å². The van der Waals surface area contributed by atoms with Crippen LogP contribution in [-0.4, -0.2) is 25.0 Å². The Labute approximate surface area is 87.7 Å². The normalized spacial score (nSPS) is 12.3. The molecule has 1 rings (SSSR count). The lowest BCUT2D eigenvalue weighted by atomic mass is 10.1. The third kappa shape index (κ3) is 2.77. The minimum absolute atomic E-state index is 0.780. The summed E-state index contributed by atoms with van der Waals surface area (Å²) in [7, 11) is -0.780. The molecule has 0 bridgehead atoms. The summed E-state index contributed by atoms with van der Waals surface area (Å²) in [6.45, 7) is 2.03. The first-order valence-electron chi connectivity index (χ1n) is 4.50. The van der Waals surface area contributed by atoms with E-state index in [1.165, 1.54) is 6.21 Å². The van der Waals surface area contributed by atoms with Crippen LogP contribution in [0.4, 0.5) is 5.69 Å². The van der Waals surface area contributed by atoms with Gasteiger partial charge in [0.15, 0.2) is 0 Å². The molecule has 0 aliphatic rings. The van der Waals surface area contributed by atoms with Crippen LogP contribution in [0.1, 0.15) is 11.1 Å². The first kappa shape index (κ1) is 11.1. The molecule has 1 aromatic rings. The minimum atomic E-state index is -0.780. The van der Waals surface area contributed by atoms with Gasteiger partial charge >= 0.3 is 0 Å². The number of nitrogens with one attached hydrogen (secondary N) is 2. The van der Waals surface area contributed by atoms with Crippen LogP contribution < -0.4 is 4.72 Å². The van der Waals surface area contributed by atoms with Gasteiger partial charge in [0.1, 0.15) is 0 Å². The molecule has 78 valence electrons. The van der Waals surface area contributed by atoms with E-state index in [1.54, 1.807) is 0 Å². The molecule has 0 fully saturated rings. The first-order chi connectivity index (χ1) is 6.44. The Morgan fingerprint density at radius 1 is 1.29 bits per heavy atom. The van der Waals surface area contributed by atoms with Crippen molar-refractivity contribution in [1.29, 1.82) is 5.41 Å². The molecule has 0 saturated heterocycles. The van der Waals surface area contributed by atoms with Crippen molar-refractivity contribution < 1.29 is 0 Å². The molecule has 2 N–H and O–H groups in total. The topological polar surface area (TPSA) is 35.9 Å². The Bertz CT molecular complexity index is 340. The second-order valence-electron chi connectivity index (χ2n) is 4.12. The zero-order valence-electron chi connectivity index (χ0n) is 9.22. The summed E-state index contributed by atoms with van der Waals surface area (Å²) in [5.74, 6) is 0. The molecule has 0 aliphatic heterocycles. The van der Waals surface area contributed by atoms with Gasteiger partial charge in [-0.05, 0) is 37.3 Å². The van der Waals surface area contributed by atoms with Gasteiger partial charge in [-0.15, -0.1) is 0 Å². The number of anilines is 1. The maximum absolute atomic E-state index is 7.38. The second kappa shape index (κ2) is 4.05. The van der Waals surface area contributed by atoms with Crippen molar-refractivity contribution in [3.8, 4) is 0 Å². The lowest BCUT2D eigenvalue weighted by Crippen LogP contribution is -2.07. The van der Waals surface area contributed by atoms with Crippen molar-refractivity contribution >= 4 is 22.1 Å². The highest BCUT2D eigenvalue weighted by Gasteiger charge is 2.07. The third-order valence-electron chi connectivity index (χ3n) is 1.88. The molecule has 3 heteroatoms. The van der Waals surface area contributed by atoms with E-state index in [1.807, 2.05) is 25.1 Å². The Kier molecular flexibility index (Phi) is 3.21. The fourth-order valence-electron chi connectivity index (χ4n) is 1.29. The van der Waals surface area contributed by atoms with Crippen molar-refractivity contribution in [1.82, 2.24) is 0 Å². The Hall–Kier alpha value is -0.960. The van der Waals surface area contributed by atoms with Crippen LogP contribution in [0.5, 0.6) is 0 Å². The Morgan fingerprint density at radius 3 is 2.43 bits per heavy atom.